The van der Waals surface area contributed by atoms with E-state index in [0.29, 0.717) is 12.3 Å². The largest absolute Gasteiger partial charge is 0.122 e. The summed E-state index contributed by atoms with van der Waals surface area (Å²) in [6, 6.07) is 8.02. The first-order valence-electron chi connectivity index (χ1n) is 4.28. The summed E-state index contributed by atoms with van der Waals surface area (Å²) in [4.78, 5) is 0. The molecular formula is C10H10Cl3Si. The Morgan fingerprint density at radius 2 is 1.71 bits per heavy atom. The molecule has 0 aromatic heterocycles. The van der Waals surface area contributed by atoms with E-state index in [4.69, 9.17) is 34.8 Å². The monoisotopic (exact) mass is 263 g/mol. The van der Waals surface area contributed by atoms with Crippen LogP contribution in [0.15, 0.2) is 24.3 Å². The lowest BCUT2D eigenvalue weighted by atomic mass is 10.0. The van der Waals surface area contributed by atoms with Crippen LogP contribution >= 0.6 is 34.8 Å². The predicted molar refractivity (Wildman–Crippen MR) is 64.5 cm³/mol. The topological polar surface area (TPSA) is 0 Å². The maximum absolute atomic E-state index is 5.82. The van der Waals surface area contributed by atoms with E-state index in [1.54, 1.807) is 0 Å². The molecule has 0 aliphatic rings. The molecule has 0 saturated carbocycles. The molecule has 75 valence electrons. The summed E-state index contributed by atoms with van der Waals surface area (Å²) in [5.74, 6) is 0.523. The number of aryl methyl sites for hydroxylation is 1. The van der Waals surface area contributed by atoms with E-state index < -0.39 is 3.96 Å². The van der Waals surface area contributed by atoms with Gasteiger partial charge in [-0.3, -0.25) is 0 Å². The van der Waals surface area contributed by atoms with E-state index in [-0.39, 0.29) is 0 Å². The van der Waals surface area contributed by atoms with Crippen molar-refractivity contribution in [2.45, 2.75) is 22.7 Å². The van der Waals surface area contributed by atoms with Crippen LogP contribution in [0.3, 0.4) is 0 Å². The highest BCUT2D eigenvalue weighted by Crippen LogP contribution is 2.24. The Bertz CT molecular complexity index is 294. The van der Waals surface area contributed by atoms with Gasteiger partial charge in [0.1, 0.15) is 3.96 Å². The first-order valence-corrected chi connectivity index (χ1v) is 6.07. The number of hydrogen-bond donors (Lipinski definition) is 0. The smallest absolute Gasteiger partial charge is 0.100 e. The normalized spacial score (nSPS) is 11.7. The number of halogens is 3. The van der Waals surface area contributed by atoms with Crippen molar-refractivity contribution in [3.8, 4) is 0 Å². The Morgan fingerprint density at radius 1 is 1.14 bits per heavy atom. The zero-order valence-corrected chi connectivity index (χ0v) is 10.8. The highest BCUT2D eigenvalue weighted by Gasteiger charge is 2.16. The van der Waals surface area contributed by atoms with Crippen LogP contribution in [0.2, 0.25) is 0 Å². The molecule has 1 rings (SSSR count). The number of rotatable bonds is 4. The van der Waals surface area contributed by atoms with Gasteiger partial charge < -0.3 is 0 Å². The second-order valence-electron chi connectivity index (χ2n) is 3.11. The highest BCUT2D eigenvalue weighted by atomic mass is 35.5. The van der Waals surface area contributed by atoms with E-state index in [9.17, 15) is 0 Å². The van der Waals surface area contributed by atoms with Gasteiger partial charge in [-0.15, -0.1) is 34.8 Å². The minimum Gasteiger partial charge on any atom is -0.122 e. The van der Waals surface area contributed by atoms with Gasteiger partial charge in [0, 0.05) is 5.88 Å². The molecule has 0 heterocycles. The van der Waals surface area contributed by atoms with Gasteiger partial charge in [0.05, 0.1) is 10.2 Å². The fourth-order valence-corrected chi connectivity index (χ4v) is 1.80. The molecule has 0 amide bonds. The Kier molecular flexibility index (Phi) is 4.78. The van der Waals surface area contributed by atoms with Crippen molar-refractivity contribution in [1.82, 2.24) is 0 Å². The van der Waals surface area contributed by atoms with E-state index in [1.807, 2.05) is 24.3 Å². The molecular weight excluding hydrogens is 255 g/mol. The van der Waals surface area contributed by atoms with Gasteiger partial charge in [0.25, 0.3) is 0 Å². The molecule has 0 unspecified atom stereocenters. The SMILES string of the molecule is [Si]C(Cl)(Cl)CCc1ccccc1CCl. The van der Waals surface area contributed by atoms with Crippen molar-refractivity contribution in [2.24, 2.45) is 0 Å². The summed E-state index contributed by atoms with van der Waals surface area (Å²) in [6.07, 6.45) is 1.47. The summed E-state index contributed by atoms with van der Waals surface area (Å²) < 4.78 is -0.848. The molecule has 3 radical (unpaired) electrons. The van der Waals surface area contributed by atoms with Gasteiger partial charge in [0.15, 0.2) is 0 Å². The molecule has 4 heteroatoms. The van der Waals surface area contributed by atoms with Crippen molar-refractivity contribution < 1.29 is 0 Å². The molecule has 0 N–H and O–H groups in total. The maximum Gasteiger partial charge on any atom is 0.100 e. The summed E-state index contributed by atoms with van der Waals surface area (Å²) in [5.41, 5.74) is 2.34. The van der Waals surface area contributed by atoms with Gasteiger partial charge >= 0.3 is 0 Å². The van der Waals surface area contributed by atoms with Crippen molar-refractivity contribution in [2.75, 3.05) is 0 Å². The fourth-order valence-electron chi connectivity index (χ4n) is 1.22. The van der Waals surface area contributed by atoms with E-state index in [0.717, 1.165) is 12.0 Å². The molecule has 0 bridgehead atoms. The van der Waals surface area contributed by atoms with Crippen LogP contribution in [-0.4, -0.2) is 14.2 Å². The first-order chi connectivity index (χ1) is 6.53. The van der Waals surface area contributed by atoms with Crippen LogP contribution in [0.25, 0.3) is 0 Å². The lowest BCUT2D eigenvalue weighted by molar-refractivity contribution is 0.844. The molecule has 1 aromatic rings. The van der Waals surface area contributed by atoms with Gasteiger partial charge in [0.2, 0.25) is 0 Å². The van der Waals surface area contributed by atoms with Crippen molar-refractivity contribution >= 4 is 45.0 Å². The van der Waals surface area contributed by atoms with Crippen LogP contribution in [0.4, 0.5) is 0 Å². The van der Waals surface area contributed by atoms with Crippen molar-refractivity contribution in [3.05, 3.63) is 35.4 Å². The number of benzene rings is 1. The zero-order valence-electron chi connectivity index (χ0n) is 7.56. The van der Waals surface area contributed by atoms with Crippen LogP contribution < -0.4 is 0 Å². The van der Waals surface area contributed by atoms with Crippen LogP contribution in [0, 0.1) is 0 Å². The number of alkyl halides is 3. The molecule has 0 saturated heterocycles. The number of hydrogen-bond acceptors (Lipinski definition) is 0. The quantitative estimate of drug-likeness (QED) is 0.575. The van der Waals surface area contributed by atoms with Crippen LogP contribution in [0.1, 0.15) is 17.5 Å². The molecule has 1 aromatic carbocycles. The highest BCUT2D eigenvalue weighted by molar-refractivity contribution is 6.65. The lowest BCUT2D eigenvalue weighted by Gasteiger charge is -2.13. The molecule has 14 heavy (non-hydrogen) atoms. The standard InChI is InChI=1S/C10H10Cl3Si/c11-7-9-4-2-1-3-8(9)5-6-10(12,13)14/h1-4H,5-7H2. The average molecular weight is 265 g/mol. The first kappa shape index (κ1) is 12.4. The summed E-state index contributed by atoms with van der Waals surface area (Å²) in [6.45, 7) is 0. The minimum atomic E-state index is -0.848. The fraction of sp³-hybridized carbons (Fsp3) is 0.400. The van der Waals surface area contributed by atoms with Gasteiger partial charge in [-0.2, -0.15) is 0 Å². The Labute approximate surface area is 103 Å². The molecule has 0 spiro atoms. The molecule has 0 nitrogen and oxygen atoms in total. The maximum atomic E-state index is 5.82. The Balaban J connectivity index is 2.67. The molecule has 0 aliphatic carbocycles. The second kappa shape index (κ2) is 5.41. The van der Waals surface area contributed by atoms with E-state index in [1.165, 1.54) is 5.56 Å². The van der Waals surface area contributed by atoms with Crippen LogP contribution in [0.5, 0.6) is 0 Å². The van der Waals surface area contributed by atoms with E-state index >= 15 is 0 Å². The van der Waals surface area contributed by atoms with E-state index in [2.05, 4.69) is 10.2 Å². The molecule has 0 aliphatic heterocycles. The third-order valence-electron chi connectivity index (χ3n) is 1.97. The lowest BCUT2D eigenvalue weighted by Crippen LogP contribution is -2.13. The van der Waals surface area contributed by atoms with Gasteiger partial charge in [-0.25, -0.2) is 0 Å². The molecule has 0 fully saturated rings. The third-order valence-corrected chi connectivity index (χ3v) is 2.89. The van der Waals surface area contributed by atoms with Crippen molar-refractivity contribution in [1.29, 1.82) is 0 Å². The minimum absolute atomic E-state index is 0.523. The Morgan fingerprint density at radius 3 is 2.21 bits per heavy atom. The summed E-state index contributed by atoms with van der Waals surface area (Å²) in [7, 11) is 3.23. The average Bonchev–Trinajstić information content (AvgIpc) is 2.14. The molecule has 0 atom stereocenters. The summed E-state index contributed by atoms with van der Waals surface area (Å²) in [5, 5.41) is 0. The van der Waals surface area contributed by atoms with Gasteiger partial charge in [-0.05, 0) is 24.0 Å². The predicted octanol–water partition coefficient (Wildman–Crippen LogP) is 3.66. The third kappa shape index (κ3) is 4.22. The van der Waals surface area contributed by atoms with Gasteiger partial charge in [-0.1, -0.05) is 24.3 Å². The van der Waals surface area contributed by atoms with Crippen molar-refractivity contribution in [3.63, 3.8) is 0 Å². The Hall–Kier alpha value is 0.307. The van der Waals surface area contributed by atoms with Crippen LogP contribution in [-0.2, 0) is 12.3 Å². The zero-order chi connectivity index (χ0) is 10.6. The second-order valence-corrected chi connectivity index (χ2v) is 6.35. The summed E-state index contributed by atoms with van der Waals surface area (Å²) >= 11 is 17.5.